The molecule has 2 aromatic rings. The number of carbonyl (C=O) groups is 2. The smallest absolute Gasteiger partial charge is 0.255 e. The van der Waals surface area contributed by atoms with Crippen molar-refractivity contribution >= 4 is 17.5 Å². The molecule has 0 aliphatic heterocycles. The Morgan fingerprint density at radius 2 is 1.35 bits per heavy atom. The molecule has 1 saturated carbocycles. The van der Waals surface area contributed by atoms with Gasteiger partial charge in [-0.05, 0) is 62.1 Å². The molecule has 0 spiro atoms. The van der Waals surface area contributed by atoms with Gasteiger partial charge in [-0.2, -0.15) is 0 Å². The molecule has 0 atom stereocenters. The van der Waals surface area contributed by atoms with Crippen molar-refractivity contribution in [3.63, 3.8) is 0 Å². The third-order valence-corrected chi connectivity index (χ3v) is 5.07. The average Bonchev–Trinajstić information content (AvgIpc) is 2.65. The van der Waals surface area contributed by atoms with Crippen LogP contribution in [0.1, 0.15) is 63.9 Å². The third-order valence-electron chi connectivity index (χ3n) is 5.07. The van der Waals surface area contributed by atoms with E-state index in [1.807, 2.05) is 32.0 Å². The highest BCUT2D eigenvalue weighted by molar-refractivity contribution is 6.05. The molecule has 2 aromatic carbocycles. The molecule has 0 saturated heterocycles. The molecule has 4 nitrogen and oxygen atoms in total. The summed E-state index contributed by atoms with van der Waals surface area (Å²) in [7, 11) is 0. The highest BCUT2D eigenvalue weighted by Crippen LogP contribution is 2.21. The predicted molar refractivity (Wildman–Crippen MR) is 105 cm³/mol. The lowest BCUT2D eigenvalue weighted by molar-refractivity contribution is 0.0926. The van der Waals surface area contributed by atoms with Crippen molar-refractivity contribution < 1.29 is 9.59 Å². The maximum absolute atomic E-state index is 12.5. The minimum Gasteiger partial charge on any atom is -0.349 e. The molecule has 0 radical (unpaired) electrons. The number of nitrogens with one attached hydrogen (secondary N) is 2. The molecule has 2 N–H and O–H groups in total. The van der Waals surface area contributed by atoms with Crippen LogP contribution in [0.3, 0.4) is 0 Å². The van der Waals surface area contributed by atoms with Gasteiger partial charge in [-0.1, -0.05) is 37.5 Å². The van der Waals surface area contributed by atoms with Gasteiger partial charge >= 0.3 is 0 Å². The minimum absolute atomic E-state index is 0.0568. The van der Waals surface area contributed by atoms with Gasteiger partial charge in [0.1, 0.15) is 0 Å². The Morgan fingerprint density at radius 3 is 1.92 bits per heavy atom. The van der Waals surface area contributed by atoms with E-state index in [0.29, 0.717) is 11.1 Å². The number of para-hydroxylation sites is 1. The second kappa shape index (κ2) is 8.17. The Kier molecular flexibility index (Phi) is 5.71. The zero-order valence-electron chi connectivity index (χ0n) is 15.5. The van der Waals surface area contributed by atoms with Gasteiger partial charge in [-0.15, -0.1) is 0 Å². The number of hydrogen-bond donors (Lipinski definition) is 2. The van der Waals surface area contributed by atoms with Gasteiger partial charge in [0.2, 0.25) is 0 Å². The van der Waals surface area contributed by atoms with Crippen LogP contribution in [0, 0.1) is 13.8 Å². The summed E-state index contributed by atoms with van der Waals surface area (Å²) in [5.41, 5.74) is 4.04. The monoisotopic (exact) mass is 350 g/mol. The van der Waals surface area contributed by atoms with E-state index in [9.17, 15) is 9.59 Å². The molecule has 0 unspecified atom stereocenters. The van der Waals surface area contributed by atoms with Crippen molar-refractivity contribution in [2.75, 3.05) is 5.32 Å². The number of carbonyl (C=O) groups excluding carboxylic acids is 2. The molecular formula is C22H26N2O2. The fourth-order valence-corrected chi connectivity index (χ4v) is 3.49. The summed E-state index contributed by atoms with van der Waals surface area (Å²) in [4.78, 5) is 24.9. The molecule has 4 heteroatoms. The Bertz CT molecular complexity index is 770. The topological polar surface area (TPSA) is 58.2 Å². The first-order valence-corrected chi connectivity index (χ1v) is 9.33. The van der Waals surface area contributed by atoms with Crippen LogP contribution in [0.25, 0.3) is 0 Å². The first kappa shape index (κ1) is 18.2. The second-order valence-electron chi connectivity index (χ2n) is 7.11. The molecule has 1 aliphatic carbocycles. The first-order chi connectivity index (χ1) is 12.5. The zero-order valence-corrected chi connectivity index (χ0v) is 15.5. The van der Waals surface area contributed by atoms with E-state index in [2.05, 4.69) is 10.6 Å². The molecule has 3 rings (SSSR count). The summed E-state index contributed by atoms with van der Waals surface area (Å²) in [5, 5.41) is 6.07. The molecule has 0 heterocycles. The number of hydrogen-bond acceptors (Lipinski definition) is 2. The lowest BCUT2D eigenvalue weighted by atomic mass is 9.95. The molecule has 1 aliphatic rings. The van der Waals surface area contributed by atoms with Gasteiger partial charge in [-0.3, -0.25) is 9.59 Å². The highest BCUT2D eigenvalue weighted by atomic mass is 16.2. The van der Waals surface area contributed by atoms with E-state index >= 15 is 0 Å². The number of amides is 2. The van der Waals surface area contributed by atoms with Crippen LogP contribution in [-0.4, -0.2) is 17.9 Å². The standard InChI is InChI=1S/C22H26N2O2/c1-15-7-6-8-16(2)20(15)24-22(26)18-13-11-17(12-14-18)21(25)23-19-9-4-3-5-10-19/h6-8,11-14,19H,3-5,9-10H2,1-2H3,(H,23,25)(H,24,26). The van der Waals surface area contributed by atoms with Crippen molar-refractivity contribution in [1.29, 1.82) is 0 Å². The molecule has 0 bridgehead atoms. The summed E-state index contributed by atoms with van der Waals surface area (Å²) in [6.07, 6.45) is 5.74. The van der Waals surface area contributed by atoms with E-state index in [1.165, 1.54) is 19.3 Å². The van der Waals surface area contributed by atoms with Gasteiger partial charge in [0.25, 0.3) is 11.8 Å². The largest absolute Gasteiger partial charge is 0.349 e. The molecule has 26 heavy (non-hydrogen) atoms. The second-order valence-corrected chi connectivity index (χ2v) is 7.11. The summed E-state index contributed by atoms with van der Waals surface area (Å²) in [6.45, 7) is 3.95. The quantitative estimate of drug-likeness (QED) is 0.845. The summed E-state index contributed by atoms with van der Waals surface area (Å²) in [5.74, 6) is -0.222. The molecule has 0 aromatic heterocycles. The Balaban J connectivity index is 1.65. The van der Waals surface area contributed by atoms with Gasteiger partial charge in [0, 0.05) is 22.9 Å². The Hall–Kier alpha value is -2.62. The van der Waals surface area contributed by atoms with E-state index in [1.54, 1.807) is 24.3 Å². The molecule has 1 fully saturated rings. The van der Waals surface area contributed by atoms with Crippen molar-refractivity contribution in [2.45, 2.75) is 52.0 Å². The third kappa shape index (κ3) is 4.31. The lowest BCUT2D eigenvalue weighted by Crippen LogP contribution is -2.36. The number of rotatable bonds is 4. The first-order valence-electron chi connectivity index (χ1n) is 9.33. The van der Waals surface area contributed by atoms with Crippen LogP contribution in [0.2, 0.25) is 0 Å². The van der Waals surface area contributed by atoms with Crippen molar-refractivity contribution in [3.05, 3.63) is 64.7 Å². The SMILES string of the molecule is Cc1cccc(C)c1NC(=O)c1ccc(C(=O)NC2CCCCC2)cc1. The van der Waals surface area contributed by atoms with Gasteiger partial charge in [0.05, 0.1) is 0 Å². The highest BCUT2D eigenvalue weighted by Gasteiger charge is 2.17. The van der Waals surface area contributed by atoms with Crippen LogP contribution in [0.15, 0.2) is 42.5 Å². The maximum Gasteiger partial charge on any atom is 0.255 e. The van der Waals surface area contributed by atoms with Crippen LogP contribution >= 0.6 is 0 Å². The van der Waals surface area contributed by atoms with Crippen molar-refractivity contribution in [2.24, 2.45) is 0 Å². The maximum atomic E-state index is 12.5. The predicted octanol–water partition coefficient (Wildman–Crippen LogP) is 4.62. The van der Waals surface area contributed by atoms with E-state index < -0.39 is 0 Å². The number of anilines is 1. The van der Waals surface area contributed by atoms with Crippen molar-refractivity contribution in [1.82, 2.24) is 5.32 Å². The summed E-state index contributed by atoms with van der Waals surface area (Å²) >= 11 is 0. The number of benzene rings is 2. The van der Waals surface area contributed by atoms with E-state index in [-0.39, 0.29) is 17.9 Å². The van der Waals surface area contributed by atoms with E-state index in [0.717, 1.165) is 29.7 Å². The molecular weight excluding hydrogens is 324 g/mol. The summed E-state index contributed by atoms with van der Waals surface area (Å²) < 4.78 is 0. The van der Waals surface area contributed by atoms with Crippen LogP contribution < -0.4 is 10.6 Å². The fraction of sp³-hybridized carbons (Fsp3) is 0.364. The zero-order chi connectivity index (χ0) is 18.5. The fourth-order valence-electron chi connectivity index (χ4n) is 3.49. The molecule has 136 valence electrons. The summed E-state index contributed by atoms with van der Waals surface area (Å²) in [6, 6.07) is 13.1. The van der Waals surface area contributed by atoms with Gasteiger partial charge in [0.15, 0.2) is 0 Å². The van der Waals surface area contributed by atoms with Gasteiger partial charge < -0.3 is 10.6 Å². The van der Waals surface area contributed by atoms with Crippen LogP contribution in [0.4, 0.5) is 5.69 Å². The normalized spacial score (nSPS) is 14.7. The van der Waals surface area contributed by atoms with E-state index in [4.69, 9.17) is 0 Å². The van der Waals surface area contributed by atoms with Crippen molar-refractivity contribution in [3.8, 4) is 0 Å². The number of aryl methyl sites for hydroxylation is 2. The van der Waals surface area contributed by atoms with Crippen LogP contribution in [-0.2, 0) is 0 Å². The molecule has 2 amide bonds. The lowest BCUT2D eigenvalue weighted by Gasteiger charge is -2.22. The Labute approximate surface area is 155 Å². The Morgan fingerprint density at radius 1 is 0.808 bits per heavy atom. The minimum atomic E-state index is -0.165. The van der Waals surface area contributed by atoms with Gasteiger partial charge in [-0.25, -0.2) is 0 Å². The average molecular weight is 350 g/mol. The van der Waals surface area contributed by atoms with Crippen LogP contribution in [0.5, 0.6) is 0 Å².